The number of rotatable bonds is 8. The van der Waals surface area contributed by atoms with Gasteiger partial charge >= 0.3 is 0 Å². The number of aliphatic hydroxyl groups excluding tert-OH is 1. The van der Waals surface area contributed by atoms with E-state index in [1.54, 1.807) is 7.11 Å². The van der Waals surface area contributed by atoms with Crippen LogP contribution in [0.25, 0.3) is 0 Å². The fraction of sp³-hybridized carbons (Fsp3) is 1.00. The number of ether oxygens (including phenoxy) is 2. The Kier molecular flexibility index (Phi) is 7.96. The van der Waals surface area contributed by atoms with Gasteiger partial charge in [0.1, 0.15) is 0 Å². The number of aliphatic hydroxyl groups is 1. The van der Waals surface area contributed by atoms with Crippen LogP contribution in [0.5, 0.6) is 0 Å². The van der Waals surface area contributed by atoms with Crippen molar-refractivity contribution in [3.8, 4) is 0 Å². The fourth-order valence-corrected chi connectivity index (χ4v) is 1.10. The Morgan fingerprint density at radius 2 is 2.00 bits per heavy atom. The Balaban J connectivity index is 3.18. The second-order valence-corrected chi connectivity index (χ2v) is 4.63. The average molecular weight is 219 g/mol. The van der Waals surface area contributed by atoms with E-state index in [0.717, 1.165) is 19.6 Å². The SMILES string of the molecule is COCC(O)CNCCCOC(C)(C)C. The van der Waals surface area contributed by atoms with E-state index in [0.29, 0.717) is 13.2 Å². The molecule has 0 saturated carbocycles. The highest BCUT2D eigenvalue weighted by Gasteiger charge is 2.08. The van der Waals surface area contributed by atoms with Crippen LogP contribution >= 0.6 is 0 Å². The van der Waals surface area contributed by atoms with Crippen LogP contribution in [0.4, 0.5) is 0 Å². The maximum absolute atomic E-state index is 9.32. The van der Waals surface area contributed by atoms with Gasteiger partial charge in [-0.15, -0.1) is 0 Å². The summed E-state index contributed by atoms with van der Waals surface area (Å²) in [6.07, 6.45) is 0.537. The first-order valence-corrected chi connectivity index (χ1v) is 5.47. The minimum atomic E-state index is -0.418. The summed E-state index contributed by atoms with van der Waals surface area (Å²) in [6, 6.07) is 0. The predicted octanol–water partition coefficient (Wildman–Crippen LogP) is 0.788. The van der Waals surface area contributed by atoms with Gasteiger partial charge in [0.25, 0.3) is 0 Å². The molecule has 0 aliphatic carbocycles. The molecule has 0 saturated heterocycles. The van der Waals surface area contributed by atoms with Gasteiger partial charge < -0.3 is 19.9 Å². The van der Waals surface area contributed by atoms with Crippen molar-refractivity contribution in [1.82, 2.24) is 5.32 Å². The zero-order chi connectivity index (χ0) is 11.7. The largest absolute Gasteiger partial charge is 0.389 e. The van der Waals surface area contributed by atoms with Crippen LogP contribution in [0.1, 0.15) is 27.2 Å². The molecule has 0 aliphatic heterocycles. The van der Waals surface area contributed by atoms with E-state index >= 15 is 0 Å². The third-order valence-corrected chi connectivity index (χ3v) is 1.77. The topological polar surface area (TPSA) is 50.7 Å². The predicted molar refractivity (Wildman–Crippen MR) is 61.1 cm³/mol. The van der Waals surface area contributed by atoms with E-state index in [1.165, 1.54) is 0 Å². The van der Waals surface area contributed by atoms with Crippen LogP contribution in [0.2, 0.25) is 0 Å². The standard InChI is InChI=1S/C11H25NO3/c1-11(2,3)15-7-5-6-12-8-10(13)9-14-4/h10,12-13H,5-9H2,1-4H3. The van der Waals surface area contributed by atoms with Crippen molar-refractivity contribution in [3.63, 3.8) is 0 Å². The molecule has 0 aromatic rings. The molecule has 0 rings (SSSR count). The van der Waals surface area contributed by atoms with E-state index in [9.17, 15) is 5.11 Å². The minimum absolute atomic E-state index is 0.0600. The van der Waals surface area contributed by atoms with Crippen molar-refractivity contribution >= 4 is 0 Å². The second-order valence-electron chi connectivity index (χ2n) is 4.63. The molecule has 0 fully saturated rings. The van der Waals surface area contributed by atoms with E-state index in [-0.39, 0.29) is 5.60 Å². The third-order valence-electron chi connectivity index (χ3n) is 1.77. The molecule has 0 heterocycles. The lowest BCUT2D eigenvalue weighted by Gasteiger charge is -2.19. The molecule has 2 N–H and O–H groups in total. The molecule has 1 atom stereocenters. The molecule has 4 nitrogen and oxygen atoms in total. The molecule has 0 amide bonds. The van der Waals surface area contributed by atoms with Crippen LogP contribution in [0.15, 0.2) is 0 Å². The van der Waals surface area contributed by atoms with Gasteiger partial charge in [0.15, 0.2) is 0 Å². The highest BCUT2D eigenvalue weighted by atomic mass is 16.5. The van der Waals surface area contributed by atoms with Gasteiger partial charge in [-0.1, -0.05) is 0 Å². The first-order chi connectivity index (χ1) is 6.95. The van der Waals surface area contributed by atoms with Crippen molar-refractivity contribution in [2.75, 3.05) is 33.4 Å². The Hall–Kier alpha value is -0.160. The molecule has 0 aliphatic rings. The smallest absolute Gasteiger partial charge is 0.0897 e. The average Bonchev–Trinajstić information content (AvgIpc) is 2.09. The van der Waals surface area contributed by atoms with Gasteiger partial charge in [0.2, 0.25) is 0 Å². The molecule has 4 heteroatoms. The van der Waals surface area contributed by atoms with Crippen LogP contribution in [-0.2, 0) is 9.47 Å². The fourth-order valence-electron chi connectivity index (χ4n) is 1.10. The van der Waals surface area contributed by atoms with Gasteiger partial charge in [-0.2, -0.15) is 0 Å². The Morgan fingerprint density at radius 1 is 1.33 bits per heavy atom. The van der Waals surface area contributed by atoms with Crippen LogP contribution < -0.4 is 5.32 Å². The highest BCUT2D eigenvalue weighted by molar-refractivity contribution is 4.60. The summed E-state index contributed by atoms with van der Waals surface area (Å²) >= 11 is 0. The molecule has 15 heavy (non-hydrogen) atoms. The zero-order valence-corrected chi connectivity index (χ0v) is 10.4. The molecule has 92 valence electrons. The monoisotopic (exact) mass is 219 g/mol. The molecular formula is C11H25NO3. The lowest BCUT2D eigenvalue weighted by atomic mass is 10.2. The first-order valence-electron chi connectivity index (χ1n) is 5.47. The number of nitrogens with one attached hydrogen (secondary N) is 1. The van der Waals surface area contributed by atoms with Crippen LogP contribution in [0.3, 0.4) is 0 Å². The van der Waals surface area contributed by atoms with Crippen LogP contribution in [0, 0.1) is 0 Å². The van der Waals surface area contributed by atoms with Crippen molar-refractivity contribution in [3.05, 3.63) is 0 Å². The summed E-state index contributed by atoms with van der Waals surface area (Å²) in [5.41, 5.74) is -0.0600. The van der Waals surface area contributed by atoms with E-state index in [1.807, 2.05) is 20.8 Å². The summed E-state index contributed by atoms with van der Waals surface area (Å²) in [7, 11) is 1.58. The van der Waals surface area contributed by atoms with Gasteiger partial charge in [-0.3, -0.25) is 0 Å². The Morgan fingerprint density at radius 3 is 2.53 bits per heavy atom. The first kappa shape index (κ1) is 14.8. The molecule has 0 aromatic carbocycles. The van der Waals surface area contributed by atoms with Gasteiger partial charge in [0, 0.05) is 20.3 Å². The van der Waals surface area contributed by atoms with Crippen molar-refractivity contribution < 1.29 is 14.6 Å². The van der Waals surface area contributed by atoms with Crippen molar-refractivity contribution in [2.45, 2.75) is 38.9 Å². The van der Waals surface area contributed by atoms with E-state index in [2.05, 4.69) is 5.32 Å². The summed E-state index contributed by atoms with van der Waals surface area (Å²) in [5.74, 6) is 0. The molecule has 0 spiro atoms. The maximum atomic E-state index is 9.32. The lowest BCUT2D eigenvalue weighted by molar-refractivity contribution is -0.00423. The Labute approximate surface area is 93.0 Å². The lowest BCUT2D eigenvalue weighted by Crippen LogP contribution is -2.31. The Bertz CT molecular complexity index is 145. The summed E-state index contributed by atoms with van der Waals surface area (Å²) < 4.78 is 10.4. The van der Waals surface area contributed by atoms with Crippen molar-refractivity contribution in [2.24, 2.45) is 0 Å². The zero-order valence-electron chi connectivity index (χ0n) is 10.4. The normalized spacial score (nSPS) is 14.2. The quantitative estimate of drug-likeness (QED) is 0.593. The summed E-state index contributed by atoms with van der Waals surface area (Å²) in [6.45, 7) is 8.69. The second kappa shape index (κ2) is 8.05. The number of methoxy groups -OCH3 is 1. The molecular weight excluding hydrogens is 194 g/mol. The van der Waals surface area contributed by atoms with Crippen LogP contribution in [-0.4, -0.2) is 50.2 Å². The summed E-state index contributed by atoms with van der Waals surface area (Å²) in [5, 5.41) is 12.5. The molecule has 0 aromatic heterocycles. The maximum Gasteiger partial charge on any atom is 0.0897 e. The van der Waals surface area contributed by atoms with Crippen molar-refractivity contribution in [1.29, 1.82) is 0 Å². The third kappa shape index (κ3) is 11.8. The number of hydrogen-bond donors (Lipinski definition) is 2. The van der Waals surface area contributed by atoms with Gasteiger partial charge in [-0.25, -0.2) is 0 Å². The van der Waals surface area contributed by atoms with E-state index < -0.39 is 6.10 Å². The highest BCUT2D eigenvalue weighted by Crippen LogP contribution is 2.06. The minimum Gasteiger partial charge on any atom is -0.389 e. The summed E-state index contributed by atoms with van der Waals surface area (Å²) in [4.78, 5) is 0. The molecule has 0 radical (unpaired) electrons. The van der Waals surface area contributed by atoms with Gasteiger partial charge in [-0.05, 0) is 33.7 Å². The molecule has 1 unspecified atom stereocenters. The van der Waals surface area contributed by atoms with Gasteiger partial charge in [0.05, 0.1) is 18.3 Å². The molecule has 0 bridgehead atoms. The number of hydrogen-bond acceptors (Lipinski definition) is 4. The van der Waals surface area contributed by atoms with E-state index in [4.69, 9.17) is 9.47 Å².